The van der Waals surface area contributed by atoms with Crippen LogP contribution in [-0.2, 0) is 0 Å². The molecule has 1 aromatic rings. The van der Waals surface area contributed by atoms with E-state index in [4.69, 9.17) is 6.42 Å². The summed E-state index contributed by atoms with van der Waals surface area (Å²) in [7, 11) is 3.90. The molecular weight excluding hydrogens is 188 g/mol. The molecule has 0 radical (unpaired) electrons. The highest BCUT2D eigenvalue weighted by Gasteiger charge is 2.03. The SMILES string of the molecule is C#CCNC(=O)c1ccc(N(C)C)cc1. The van der Waals surface area contributed by atoms with Gasteiger partial charge in [0.1, 0.15) is 0 Å². The van der Waals surface area contributed by atoms with Gasteiger partial charge < -0.3 is 10.2 Å². The first kappa shape index (κ1) is 11.1. The third-order valence-corrected chi connectivity index (χ3v) is 2.00. The molecule has 0 saturated carbocycles. The second-order valence-corrected chi connectivity index (χ2v) is 3.33. The second-order valence-electron chi connectivity index (χ2n) is 3.33. The highest BCUT2D eigenvalue weighted by atomic mass is 16.1. The highest BCUT2D eigenvalue weighted by Crippen LogP contribution is 2.11. The minimum atomic E-state index is -0.141. The molecule has 0 aliphatic heterocycles. The van der Waals surface area contributed by atoms with Gasteiger partial charge in [-0.2, -0.15) is 0 Å². The summed E-state index contributed by atoms with van der Waals surface area (Å²) >= 11 is 0. The average Bonchev–Trinajstić information content (AvgIpc) is 2.26. The summed E-state index contributed by atoms with van der Waals surface area (Å²) in [6.07, 6.45) is 5.05. The standard InChI is InChI=1S/C12H14N2O/c1-4-9-13-12(15)10-5-7-11(8-6-10)14(2)3/h1,5-8H,9H2,2-3H3,(H,13,15). The third kappa shape index (κ3) is 3.03. The van der Waals surface area contributed by atoms with Gasteiger partial charge in [-0.3, -0.25) is 4.79 Å². The van der Waals surface area contributed by atoms with Gasteiger partial charge in [0.25, 0.3) is 5.91 Å². The molecule has 0 aliphatic carbocycles. The summed E-state index contributed by atoms with van der Waals surface area (Å²) in [6.45, 7) is 0.258. The lowest BCUT2D eigenvalue weighted by Crippen LogP contribution is -2.23. The van der Waals surface area contributed by atoms with Gasteiger partial charge in [0.05, 0.1) is 6.54 Å². The molecule has 1 rings (SSSR count). The normalized spacial score (nSPS) is 9.13. The second kappa shape index (κ2) is 5.06. The Morgan fingerprint density at radius 3 is 2.47 bits per heavy atom. The average molecular weight is 202 g/mol. The van der Waals surface area contributed by atoms with Gasteiger partial charge in [0.2, 0.25) is 0 Å². The van der Waals surface area contributed by atoms with E-state index in [9.17, 15) is 4.79 Å². The Labute approximate surface area is 90.1 Å². The van der Waals surface area contributed by atoms with E-state index in [2.05, 4.69) is 11.2 Å². The topological polar surface area (TPSA) is 32.3 Å². The van der Waals surface area contributed by atoms with E-state index in [0.29, 0.717) is 5.56 Å². The highest BCUT2D eigenvalue weighted by molar-refractivity contribution is 5.94. The first-order valence-electron chi connectivity index (χ1n) is 4.64. The number of anilines is 1. The summed E-state index contributed by atoms with van der Waals surface area (Å²) in [5.74, 6) is 2.22. The van der Waals surface area contributed by atoms with E-state index in [1.54, 1.807) is 12.1 Å². The summed E-state index contributed by atoms with van der Waals surface area (Å²) in [6, 6.07) is 7.35. The maximum Gasteiger partial charge on any atom is 0.252 e. The van der Waals surface area contributed by atoms with Crippen molar-refractivity contribution in [2.75, 3.05) is 25.5 Å². The van der Waals surface area contributed by atoms with Crippen LogP contribution in [-0.4, -0.2) is 26.5 Å². The fraction of sp³-hybridized carbons (Fsp3) is 0.250. The van der Waals surface area contributed by atoms with Crippen LogP contribution in [0.1, 0.15) is 10.4 Å². The Bertz CT molecular complexity index is 374. The molecule has 0 heterocycles. The van der Waals surface area contributed by atoms with Gasteiger partial charge >= 0.3 is 0 Å². The van der Waals surface area contributed by atoms with Crippen LogP contribution in [0.5, 0.6) is 0 Å². The van der Waals surface area contributed by atoms with Gasteiger partial charge in [-0.25, -0.2) is 0 Å². The molecule has 1 N–H and O–H groups in total. The van der Waals surface area contributed by atoms with E-state index in [-0.39, 0.29) is 12.5 Å². The van der Waals surface area contributed by atoms with Crippen LogP contribution >= 0.6 is 0 Å². The molecule has 0 atom stereocenters. The van der Waals surface area contributed by atoms with Crippen molar-refractivity contribution in [2.45, 2.75) is 0 Å². The zero-order chi connectivity index (χ0) is 11.3. The maximum atomic E-state index is 11.5. The first-order chi connectivity index (χ1) is 7.15. The molecule has 0 saturated heterocycles. The summed E-state index contributed by atoms with van der Waals surface area (Å²) in [5, 5.41) is 2.61. The molecular formula is C12H14N2O. The van der Waals surface area contributed by atoms with Crippen molar-refractivity contribution in [3.8, 4) is 12.3 Å². The van der Waals surface area contributed by atoms with Gasteiger partial charge in [-0.05, 0) is 24.3 Å². The molecule has 0 aromatic heterocycles. The van der Waals surface area contributed by atoms with Crippen molar-refractivity contribution in [2.24, 2.45) is 0 Å². The van der Waals surface area contributed by atoms with Crippen LogP contribution in [0.2, 0.25) is 0 Å². The Morgan fingerprint density at radius 1 is 1.40 bits per heavy atom. The van der Waals surface area contributed by atoms with E-state index in [0.717, 1.165) is 5.69 Å². The largest absolute Gasteiger partial charge is 0.378 e. The van der Waals surface area contributed by atoms with Crippen LogP contribution < -0.4 is 10.2 Å². The van der Waals surface area contributed by atoms with Crippen molar-refractivity contribution in [3.05, 3.63) is 29.8 Å². The zero-order valence-corrected chi connectivity index (χ0v) is 8.95. The fourth-order valence-corrected chi connectivity index (χ4v) is 1.14. The van der Waals surface area contributed by atoms with E-state index < -0.39 is 0 Å². The Kier molecular flexibility index (Phi) is 3.75. The van der Waals surface area contributed by atoms with Crippen LogP contribution in [0.25, 0.3) is 0 Å². The van der Waals surface area contributed by atoms with Crippen molar-refractivity contribution in [1.82, 2.24) is 5.32 Å². The molecule has 1 amide bonds. The first-order valence-corrected chi connectivity index (χ1v) is 4.64. The predicted molar refractivity (Wildman–Crippen MR) is 61.9 cm³/mol. The number of nitrogens with one attached hydrogen (secondary N) is 1. The van der Waals surface area contributed by atoms with Crippen LogP contribution in [0.15, 0.2) is 24.3 Å². The monoisotopic (exact) mass is 202 g/mol. The quantitative estimate of drug-likeness (QED) is 0.745. The van der Waals surface area contributed by atoms with Gasteiger partial charge in [-0.15, -0.1) is 6.42 Å². The molecule has 1 aromatic carbocycles. The third-order valence-electron chi connectivity index (χ3n) is 2.00. The summed E-state index contributed by atoms with van der Waals surface area (Å²) in [5.41, 5.74) is 1.68. The summed E-state index contributed by atoms with van der Waals surface area (Å²) in [4.78, 5) is 13.4. The molecule has 0 fully saturated rings. The minimum absolute atomic E-state index is 0.141. The number of carbonyl (C=O) groups is 1. The van der Waals surface area contributed by atoms with E-state index in [1.165, 1.54) is 0 Å². The molecule has 3 nitrogen and oxygen atoms in total. The van der Waals surface area contributed by atoms with Crippen molar-refractivity contribution >= 4 is 11.6 Å². The number of benzene rings is 1. The number of hydrogen-bond acceptors (Lipinski definition) is 2. The van der Waals surface area contributed by atoms with Gasteiger partial charge in [0, 0.05) is 25.3 Å². The number of amides is 1. The van der Waals surface area contributed by atoms with Crippen LogP contribution in [0, 0.1) is 12.3 Å². The molecule has 78 valence electrons. The smallest absolute Gasteiger partial charge is 0.252 e. The van der Waals surface area contributed by atoms with Crippen molar-refractivity contribution in [1.29, 1.82) is 0 Å². The molecule has 3 heteroatoms. The lowest BCUT2D eigenvalue weighted by molar-refractivity contribution is 0.0958. The lowest BCUT2D eigenvalue weighted by Gasteiger charge is -2.12. The van der Waals surface area contributed by atoms with E-state index >= 15 is 0 Å². The molecule has 15 heavy (non-hydrogen) atoms. The molecule has 0 spiro atoms. The zero-order valence-electron chi connectivity index (χ0n) is 8.95. The van der Waals surface area contributed by atoms with Gasteiger partial charge in [0.15, 0.2) is 0 Å². The molecule has 0 unspecified atom stereocenters. The Balaban J connectivity index is 2.72. The number of nitrogens with zero attached hydrogens (tertiary/aromatic N) is 1. The maximum absolute atomic E-state index is 11.5. The minimum Gasteiger partial charge on any atom is -0.378 e. The number of hydrogen-bond donors (Lipinski definition) is 1. The van der Waals surface area contributed by atoms with Crippen molar-refractivity contribution < 1.29 is 4.79 Å². The Morgan fingerprint density at radius 2 is 2.00 bits per heavy atom. The van der Waals surface area contributed by atoms with Gasteiger partial charge in [-0.1, -0.05) is 5.92 Å². The van der Waals surface area contributed by atoms with Crippen LogP contribution in [0.3, 0.4) is 0 Å². The number of carbonyl (C=O) groups excluding carboxylic acids is 1. The number of terminal acetylenes is 1. The molecule has 0 bridgehead atoms. The predicted octanol–water partition coefficient (Wildman–Crippen LogP) is 1.12. The lowest BCUT2D eigenvalue weighted by atomic mass is 10.2. The summed E-state index contributed by atoms with van der Waals surface area (Å²) < 4.78 is 0. The number of rotatable bonds is 3. The fourth-order valence-electron chi connectivity index (χ4n) is 1.14. The molecule has 0 aliphatic rings. The Hall–Kier alpha value is -1.95. The van der Waals surface area contributed by atoms with E-state index in [1.807, 2.05) is 31.1 Å². The van der Waals surface area contributed by atoms with Crippen molar-refractivity contribution in [3.63, 3.8) is 0 Å². The van der Waals surface area contributed by atoms with Crippen LogP contribution in [0.4, 0.5) is 5.69 Å².